The minimum atomic E-state index is -0.853. The first-order valence-electron chi connectivity index (χ1n) is 9.12. The molecule has 29 heavy (non-hydrogen) atoms. The maximum atomic E-state index is 13.7. The molecule has 4 rings (SSSR count). The molecule has 3 aromatic rings. The number of benzene rings is 1. The van der Waals surface area contributed by atoms with Gasteiger partial charge in [0.05, 0.1) is 0 Å². The van der Waals surface area contributed by atoms with Gasteiger partial charge in [0.2, 0.25) is 0 Å². The number of aromatic nitrogens is 3. The van der Waals surface area contributed by atoms with E-state index in [2.05, 4.69) is 30.3 Å². The van der Waals surface area contributed by atoms with Gasteiger partial charge in [-0.25, -0.2) is 13.8 Å². The molecule has 1 fully saturated rings. The van der Waals surface area contributed by atoms with E-state index in [0.717, 1.165) is 44.1 Å². The van der Waals surface area contributed by atoms with E-state index < -0.39 is 23.2 Å². The van der Waals surface area contributed by atoms with Crippen LogP contribution in [-0.4, -0.2) is 47.3 Å². The van der Waals surface area contributed by atoms with Crippen molar-refractivity contribution >= 4 is 23.2 Å². The van der Waals surface area contributed by atoms with Crippen molar-refractivity contribution in [2.45, 2.75) is 0 Å². The van der Waals surface area contributed by atoms with Crippen LogP contribution in [0.15, 0.2) is 54.7 Å². The molecule has 1 N–H and O–H groups in total. The van der Waals surface area contributed by atoms with Crippen molar-refractivity contribution in [3.63, 3.8) is 0 Å². The molecular weight excluding hydrogens is 378 g/mol. The summed E-state index contributed by atoms with van der Waals surface area (Å²) in [7, 11) is 0. The lowest BCUT2D eigenvalue weighted by Gasteiger charge is -2.35. The Morgan fingerprint density at radius 3 is 2.10 bits per heavy atom. The molecule has 0 aliphatic carbocycles. The van der Waals surface area contributed by atoms with Crippen LogP contribution in [0.4, 0.5) is 26.1 Å². The van der Waals surface area contributed by atoms with Crippen LogP contribution in [0.5, 0.6) is 0 Å². The van der Waals surface area contributed by atoms with Crippen molar-refractivity contribution in [2.75, 3.05) is 41.3 Å². The van der Waals surface area contributed by atoms with Crippen molar-refractivity contribution in [1.82, 2.24) is 15.2 Å². The summed E-state index contributed by atoms with van der Waals surface area (Å²) in [5, 5.41) is 10.2. The van der Waals surface area contributed by atoms with Gasteiger partial charge in [0.25, 0.3) is 5.91 Å². The van der Waals surface area contributed by atoms with Crippen LogP contribution in [0.1, 0.15) is 10.5 Å². The summed E-state index contributed by atoms with van der Waals surface area (Å²) in [5.74, 6) is -0.861. The fraction of sp³-hybridized carbons (Fsp3) is 0.200. The average Bonchev–Trinajstić information content (AvgIpc) is 2.77. The molecule has 2 aromatic heterocycles. The summed E-state index contributed by atoms with van der Waals surface area (Å²) >= 11 is 0. The third-order valence-electron chi connectivity index (χ3n) is 4.66. The summed E-state index contributed by atoms with van der Waals surface area (Å²) in [4.78, 5) is 20.8. The first kappa shape index (κ1) is 18.7. The van der Waals surface area contributed by atoms with Crippen LogP contribution < -0.4 is 15.1 Å². The molecular formula is C20H18F2N6O. The molecule has 1 aromatic carbocycles. The minimum absolute atomic E-state index is 0.0245. The van der Waals surface area contributed by atoms with Crippen LogP contribution in [0.2, 0.25) is 0 Å². The van der Waals surface area contributed by atoms with E-state index in [0.29, 0.717) is 5.82 Å². The van der Waals surface area contributed by atoms with Crippen molar-refractivity contribution in [3.05, 3.63) is 72.1 Å². The van der Waals surface area contributed by atoms with Gasteiger partial charge >= 0.3 is 0 Å². The standard InChI is InChI=1S/C20H18F2N6O/c21-14-4-3-5-15(22)19(14)24-20(29)16-7-8-18(26-25-16)28-12-10-27(11-13-28)17-6-1-2-9-23-17/h1-9H,10-13H2,(H,24,29). The molecule has 1 amide bonds. The van der Waals surface area contributed by atoms with Crippen LogP contribution in [-0.2, 0) is 0 Å². The fourth-order valence-electron chi connectivity index (χ4n) is 3.12. The smallest absolute Gasteiger partial charge is 0.276 e. The molecule has 0 saturated carbocycles. The molecule has 1 aliphatic heterocycles. The zero-order valence-corrected chi connectivity index (χ0v) is 15.4. The monoisotopic (exact) mass is 396 g/mol. The van der Waals surface area contributed by atoms with Gasteiger partial charge in [0.1, 0.15) is 23.1 Å². The number of amides is 1. The number of nitrogens with one attached hydrogen (secondary N) is 1. The Hall–Kier alpha value is -3.62. The van der Waals surface area contributed by atoms with Gasteiger partial charge in [-0.15, -0.1) is 10.2 Å². The Bertz CT molecular complexity index is 971. The number of carbonyl (C=O) groups is 1. The van der Waals surface area contributed by atoms with Gasteiger partial charge in [0, 0.05) is 32.4 Å². The Labute approximate surface area is 166 Å². The van der Waals surface area contributed by atoms with Gasteiger partial charge < -0.3 is 15.1 Å². The topological polar surface area (TPSA) is 74.2 Å². The van der Waals surface area contributed by atoms with E-state index in [1.54, 1.807) is 12.3 Å². The normalized spacial score (nSPS) is 14.0. The molecule has 9 heteroatoms. The Kier molecular flexibility index (Phi) is 5.28. The molecule has 1 saturated heterocycles. The maximum absolute atomic E-state index is 13.7. The number of para-hydroxylation sites is 1. The Balaban J connectivity index is 1.39. The number of pyridine rings is 1. The Morgan fingerprint density at radius 2 is 1.52 bits per heavy atom. The Morgan fingerprint density at radius 1 is 0.828 bits per heavy atom. The van der Waals surface area contributed by atoms with E-state index in [9.17, 15) is 13.6 Å². The highest BCUT2D eigenvalue weighted by atomic mass is 19.1. The molecule has 0 bridgehead atoms. The summed E-state index contributed by atoms with van der Waals surface area (Å²) in [6.07, 6.45) is 1.77. The second-order valence-electron chi connectivity index (χ2n) is 6.49. The summed E-state index contributed by atoms with van der Waals surface area (Å²) in [6, 6.07) is 12.3. The largest absolute Gasteiger partial charge is 0.353 e. The van der Waals surface area contributed by atoms with Gasteiger partial charge in [0.15, 0.2) is 11.5 Å². The summed E-state index contributed by atoms with van der Waals surface area (Å²) < 4.78 is 27.4. The molecule has 0 radical (unpaired) electrons. The van der Waals surface area contributed by atoms with Crippen LogP contribution >= 0.6 is 0 Å². The molecule has 7 nitrogen and oxygen atoms in total. The van der Waals surface area contributed by atoms with E-state index in [1.807, 2.05) is 18.2 Å². The van der Waals surface area contributed by atoms with Crippen molar-refractivity contribution in [3.8, 4) is 0 Å². The second kappa shape index (κ2) is 8.17. The number of nitrogens with zero attached hydrogens (tertiary/aromatic N) is 5. The van der Waals surface area contributed by atoms with Gasteiger partial charge in [-0.1, -0.05) is 12.1 Å². The first-order chi connectivity index (χ1) is 14.1. The number of carbonyl (C=O) groups excluding carboxylic acids is 1. The van der Waals surface area contributed by atoms with Crippen LogP contribution in [0, 0.1) is 11.6 Å². The van der Waals surface area contributed by atoms with E-state index in [-0.39, 0.29) is 5.69 Å². The lowest BCUT2D eigenvalue weighted by Crippen LogP contribution is -2.47. The number of piperazine rings is 1. The third-order valence-corrected chi connectivity index (χ3v) is 4.66. The van der Waals surface area contributed by atoms with Gasteiger partial charge in [-0.2, -0.15) is 0 Å². The highest BCUT2D eigenvalue weighted by molar-refractivity contribution is 6.02. The lowest BCUT2D eigenvalue weighted by molar-refractivity contribution is 0.102. The van der Waals surface area contributed by atoms with Crippen LogP contribution in [0.3, 0.4) is 0 Å². The SMILES string of the molecule is O=C(Nc1c(F)cccc1F)c1ccc(N2CCN(c3ccccn3)CC2)nn1. The van der Waals surface area contributed by atoms with Crippen LogP contribution in [0.25, 0.3) is 0 Å². The predicted octanol–water partition coefficient (Wildman–Crippen LogP) is 2.73. The summed E-state index contributed by atoms with van der Waals surface area (Å²) in [5.41, 5.74) is -0.530. The third kappa shape index (κ3) is 4.13. The van der Waals surface area contributed by atoms with Crippen molar-refractivity contribution in [1.29, 1.82) is 0 Å². The zero-order valence-electron chi connectivity index (χ0n) is 15.4. The fourth-order valence-corrected chi connectivity index (χ4v) is 3.12. The molecule has 148 valence electrons. The van der Waals surface area contributed by atoms with E-state index in [1.165, 1.54) is 12.1 Å². The number of hydrogen-bond acceptors (Lipinski definition) is 6. The van der Waals surface area contributed by atoms with E-state index in [4.69, 9.17) is 0 Å². The van der Waals surface area contributed by atoms with E-state index >= 15 is 0 Å². The molecule has 0 spiro atoms. The van der Waals surface area contributed by atoms with Crippen molar-refractivity contribution < 1.29 is 13.6 Å². The number of anilines is 3. The zero-order chi connectivity index (χ0) is 20.2. The van der Waals surface area contributed by atoms with Gasteiger partial charge in [-0.05, 0) is 36.4 Å². The lowest BCUT2D eigenvalue weighted by atomic mass is 10.2. The predicted molar refractivity (Wildman–Crippen MR) is 105 cm³/mol. The number of halogens is 2. The van der Waals surface area contributed by atoms with Gasteiger partial charge in [-0.3, -0.25) is 4.79 Å². The quantitative estimate of drug-likeness (QED) is 0.731. The molecule has 3 heterocycles. The number of hydrogen-bond donors (Lipinski definition) is 1. The minimum Gasteiger partial charge on any atom is -0.353 e. The first-order valence-corrected chi connectivity index (χ1v) is 9.12. The molecule has 0 unspecified atom stereocenters. The average molecular weight is 396 g/mol. The number of rotatable bonds is 4. The molecule has 0 atom stereocenters. The second-order valence-corrected chi connectivity index (χ2v) is 6.49. The molecule has 1 aliphatic rings. The maximum Gasteiger partial charge on any atom is 0.276 e. The highest BCUT2D eigenvalue weighted by Crippen LogP contribution is 2.20. The summed E-state index contributed by atoms with van der Waals surface area (Å²) in [6.45, 7) is 3.04. The van der Waals surface area contributed by atoms with Crippen molar-refractivity contribution in [2.24, 2.45) is 0 Å². The highest BCUT2D eigenvalue weighted by Gasteiger charge is 2.20.